The number of benzene rings is 10. The smallest absolute Gasteiger partial charge is 0.0541 e. The molecule has 0 saturated heterocycles. The first kappa shape index (κ1) is 32.9. The number of nitrogens with zero attached hydrogens (tertiary/aromatic N) is 1. The van der Waals surface area contributed by atoms with E-state index >= 15 is 0 Å². The SMILES string of the molecule is c1ccc(-c2ccc(-c3ccc4c(c3)c3ccccc3n4-c3ccc(-c4c5ccccc5c(-c5ccc(-c6ccccc6)cc5)c5ccccc45)cc3)cc2)cc1. The lowest BCUT2D eigenvalue weighted by Gasteiger charge is -2.18. The van der Waals surface area contributed by atoms with Crippen LogP contribution in [0.2, 0.25) is 0 Å². The van der Waals surface area contributed by atoms with Gasteiger partial charge in [0, 0.05) is 16.5 Å². The number of fused-ring (bicyclic) bond motifs is 5. The Morgan fingerprint density at radius 1 is 0.211 bits per heavy atom. The Labute approximate surface area is 332 Å². The molecule has 11 aromatic rings. The van der Waals surface area contributed by atoms with E-state index in [2.05, 4.69) is 229 Å². The van der Waals surface area contributed by atoms with Crippen LogP contribution in [0.3, 0.4) is 0 Å². The molecular weight excluding hydrogens is 687 g/mol. The Morgan fingerprint density at radius 3 is 1.04 bits per heavy atom. The van der Waals surface area contributed by atoms with Gasteiger partial charge in [0.05, 0.1) is 11.0 Å². The monoisotopic (exact) mass is 723 g/mol. The molecule has 1 heterocycles. The summed E-state index contributed by atoms with van der Waals surface area (Å²) in [4.78, 5) is 0. The van der Waals surface area contributed by atoms with Crippen molar-refractivity contribution in [1.29, 1.82) is 0 Å². The van der Waals surface area contributed by atoms with Crippen molar-refractivity contribution >= 4 is 43.4 Å². The van der Waals surface area contributed by atoms with Crippen LogP contribution >= 0.6 is 0 Å². The lowest BCUT2D eigenvalue weighted by Crippen LogP contribution is -1.94. The minimum absolute atomic E-state index is 1.15. The summed E-state index contributed by atoms with van der Waals surface area (Å²) < 4.78 is 2.41. The summed E-state index contributed by atoms with van der Waals surface area (Å²) in [5.41, 5.74) is 15.9. The molecule has 0 bridgehead atoms. The maximum atomic E-state index is 2.41. The van der Waals surface area contributed by atoms with Gasteiger partial charge >= 0.3 is 0 Å². The third-order valence-corrected chi connectivity index (χ3v) is 11.6. The van der Waals surface area contributed by atoms with Crippen LogP contribution in [0.15, 0.2) is 224 Å². The van der Waals surface area contributed by atoms with Gasteiger partial charge in [0.25, 0.3) is 0 Å². The third-order valence-electron chi connectivity index (χ3n) is 11.6. The van der Waals surface area contributed by atoms with E-state index in [0.29, 0.717) is 0 Å². The van der Waals surface area contributed by atoms with Crippen LogP contribution < -0.4 is 0 Å². The molecule has 57 heavy (non-hydrogen) atoms. The Morgan fingerprint density at radius 2 is 0.544 bits per heavy atom. The number of hydrogen-bond donors (Lipinski definition) is 0. The van der Waals surface area contributed by atoms with Gasteiger partial charge in [-0.2, -0.15) is 0 Å². The molecule has 0 amide bonds. The van der Waals surface area contributed by atoms with E-state index in [1.807, 2.05) is 0 Å². The topological polar surface area (TPSA) is 4.93 Å². The normalized spacial score (nSPS) is 11.5. The molecule has 0 unspecified atom stereocenters. The van der Waals surface area contributed by atoms with E-state index in [1.165, 1.54) is 99.0 Å². The highest BCUT2D eigenvalue weighted by Gasteiger charge is 2.18. The molecule has 11 rings (SSSR count). The van der Waals surface area contributed by atoms with Gasteiger partial charge in [-0.05, 0) is 108 Å². The maximum Gasteiger partial charge on any atom is 0.0541 e. The van der Waals surface area contributed by atoms with Crippen LogP contribution in [-0.2, 0) is 0 Å². The van der Waals surface area contributed by atoms with Gasteiger partial charge in [0.2, 0.25) is 0 Å². The van der Waals surface area contributed by atoms with Gasteiger partial charge in [-0.3, -0.25) is 0 Å². The zero-order valence-electron chi connectivity index (χ0n) is 31.3. The van der Waals surface area contributed by atoms with Gasteiger partial charge < -0.3 is 4.57 Å². The molecule has 1 nitrogen and oxygen atoms in total. The largest absolute Gasteiger partial charge is 0.309 e. The van der Waals surface area contributed by atoms with Crippen molar-refractivity contribution in [1.82, 2.24) is 4.57 Å². The van der Waals surface area contributed by atoms with Gasteiger partial charge in [-0.1, -0.05) is 194 Å². The predicted molar refractivity (Wildman–Crippen MR) is 243 cm³/mol. The van der Waals surface area contributed by atoms with Crippen molar-refractivity contribution in [2.75, 3.05) is 0 Å². The molecule has 0 spiro atoms. The van der Waals surface area contributed by atoms with Crippen LogP contribution in [-0.4, -0.2) is 4.57 Å². The van der Waals surface area contributed by atoms with Crippen molar-refractivity contribution in [3.8, 4) is 61.3 Å². The molecule has 266 valence electrons. The second-order valence-electron chi connectivity index (χ2n) is 14.9. The predicted octanol–water partition coefficient (Wildman–Crippen LogP) is 15.4. The lowest BCUT2D eigenvalue weighted by molar-refractivity contribution is 1.18. The minimum atomic E-state index is 1.15. The summed E-state index contributed by atoms with van der Waals surface area (Å²) in [6, 6.07) is 81.8. The zero-order chi connectivity index (χ0) is 37.7. The Balaban J connectivity index is 1.01. The zero-order valence-corrected chi connectivity index (χ0v) is 31.3. The second kappa shape index (κ2) is 13.7. The van der Waals surface area contributed by atoms with Crippen molar-refractivity contribution < 1.29 is 0 Å². The van der Waals surface area contributed by atoms with E-state index in [0.717, 1.165) is 5.69 Å². The molecule has 0 atom stereocenters. The third kappa shape index (κ3) is 5.63. The van der Waals surface area contributed by atoms with Crippen LogP contribution in [0.25, 0.3) is 105 Å². The highest BCUT2D eigenvalue weighted by atomic mass is 15.0. The van der Waals surface area contributed by atoms with Gasteiger partial charge in [-0.15, -0.1) is 0 Å². The molecule has 1 heteroatoms. The number of aromatic nitrogens is 1. The van der Waals surface area contributed by atoms with Crippen molar-refractivity contribution in [2.45, 2.75) is 0 Å². The molecule has 1 aromatic heterocycles. The molecule has 0 radical (unpaired) electrons. The van der Waals surface area contributed by atoms with Crippen LogP contribution in [0.4, 0.5) is 0 Å². The summed E-state index contributed by atoms with van der Waals surface area (Å²) in [6.45, 7) is 0. The van der Waals surface area contributed by atoms with Crippen molar-refractivity contribution in [2.24, 2.45) is 0 Å². The van der Waals surface area contributed by atoms with Crippen LogP contribution in [0.1, 0.15) is 0 Å². The standard InChI is InChI=1S/C56H37N/c1-3-13-38(14-4-1)40-23-25-42(26-24-40)45-33-36-54-52(37-45)47-17-11-12-22-53(47)57(54)46-34-31-44(32-35-46)56-50-20-9-7-18-48(50)55(49-19-8-10-21-51(49)56)43-29-27-41(28-30-43)39-15-5-2-6-16-39/h1-37H. The fourth-order valence-electron chi connectivity index (χ4n) is 8.90. The average Bonchev–Trinajstić information content (AvgIpc) is 3.63. The number of rotatable bonds is 6. The summed E-state index contributed by atoms with van der Waals surface area (Å²) in [6.07, 6.45) is 0. The molecule has 0 fully saturated rings. The van der Waals surface area contributed by atoms with E-state index < -0.39 is 0 Å². The summed E-state index contributed by atoms with van der Waals surface area (Å²) in [7, 11) is 0. The molecule has 0 aliphatic heterocycles. The van der Waals surface area contributed by atoms with Gasteiger partial charge in [-0.25, -0.2) is 0 Å². The summed E-state index contributed by atoms with van der Waals surface area (Å²) in [5.74, 6) is 0. The maximum absolute atomic E-state index is 2.41. The summed E-state index contributed by atoms with van der Waals surface area (Å²) >= 11 is 0. The Bertz CT molecular complexity index is 3170. The van der Waals surface area contributed by atoms with Gasteiger partial charge in [0.15, 0.2) is 0 Å². The fourth-order valence-corrected chi connectivity index (χ4v) is 8.90. The van der Waals surface area contributed by atoms with E-state index in [4.69, 9.17) is 0 Å². The van der Waals surface area contributed by atoms with Crippen molar-refractivity contribution in [3.05, 3.63) is 224 Å². The first-order valence-corrected chi connectivity index (χ1v) is 19.7. The first-order valence-electron chi connectivity index (χ1n) is 19.7. The quantitative estimate of drug-likeness (QED) is 0.151. The van der Waals surface area contributed by atoms with Crippen LogP contribution in [0, 0.1) is 0 Å². The van der Waals surface area contributed by atoms with Gasteiger partial charge in [0.1, 0.15) is 0 Å². The summed E-state index contributed by atoms with van der Waals surface area (Å²) in [5, 5.41) is 7.54. The van der Waals surface area contributed by atoms with E-state index in [1.54, 1.807) is 0 Å². The molecule has 10 aromatic carbocycles. The molecule has 0 aliphatic rings. The second-order valence-corrected chi connectivity index (χ2v) is 14.9. The van der Waals surface area contributed by atoms with E-state index in [9.17, 15) is 0 Å². The Hall–Kier alpha value is -7.48. The highest BCUT2D eigenvalue weighted by molar-refractivity contribution is 6.21. The van der Waals surface area contributed by atoms with Crippen LogP contribution in [0.5, 0.6) is 0 Å². The van der Waals surface area contributed by atoms with E-state index in [-0.39, 0.29) is 0 Å². The molecule has 0 aliphatic carbocycles. The highest BCUT2D eigenvalue weighted by Crippen LogP contribution is 2.44. The lowest BCUT2D eigenvalue weighted by atomic mass is 9.85. The number of para-hydroxylation sites is 1. The first-order chi connectivity index (χ1) is 28.3. The Kier molecular flexibility index (Phi) is 7.89. The minimum Gasteiger partial charge on any atom is -0.309 e. The molecular formula is C56H37N. The fraction of sp³-hybridized carbons (Fsp3) is 0. The van der Waals surface area contributed by atoms with Crippen molar-refractivity contribution in [3.63, 3.8) is 0 Å². The molecule has 0 N–H and O–H groups in total. The molecule has 0 saturated carbocycles. The number of hydrogen-bond acceptors (Lipinski definition) is 0. The average molecular weight is 724 g/mol.